The van der Waals surface area contributed by atoms with Crippen LogP contribution >= 0.6 is 27.3 Å². The van der Waals surface area contributed by atoms with Gasteiger partial charge in [-0.3, -0.25) is 0 Å². The van der Waals surface area contributed by atoms with Gasteiger partial charge in [-0.2, -0.15) is 0 Å². The Bertz CT molecular complexity index is 858. The molecule has 1 aromatic carbocycles. The van der Waals surface area contributed by atoms with E-state index >= 15 is 0 Å². The molecule has 0 bridgehead atoms. The van der Waals surface area contributed by atoms with E-state index in [2.05, 4.69) is 37.3 Å². The number of nitrogens with zero attached hydrogens (tertiary/aromatic N) is 2. The van der Waals surface area contributed by atoms with Crippen LogP contribution in [-0.4, -0.2) is 23.1 Å². The number of ether oxygens (including phenoxy) is 1. The summed E-state index contributed by atoms with van der Waals surface area (Å²) in [6.45, 7) is 0. The lowest BCUT2D eigenvalue weighted by atomic mass is 9.95. The fourth-order valence-electron chi connectivity index (χ4n) is 3.36. The minimum atomic E-state index is 0.522. The lowest BCUT2D eigenvalue weighted by molar-refractivity contribution is 0.418. The molecule has 3 aromatic rings. The average Bonchev–Trinajstić information content (AvgIpc) is 2.95. The highest BCUT2D eigenvalue weighted by Gasteiger charge is 2.19. The van der Waals surface area contributed by atoms with Crippen molar-refractivity contribution in [2.75, 3.05) is 12.4 Å². The van der Waals surface area contributed by atoms with Gasteiger partial charge in [0.1, 0.15) is 17.0 Å². The third-order valence-electron chi connectivity index (χ3n) is 4.49. The molecule has 120 valence electrons. The molecule has 1 aliphatic rings. The minimum absolute atomic E-state index is 0.522. The first kappa shape index (κ1) is 15.1. The van der Waals surface area contributed by atoms with E-state index in [4.69, 9.17) is 4.74 Å². The molecule has 4 nitrogen and oxygen atoms in total. The molecule has 2 aromatic heterocycles. The van der Waals surface area contributed by atoms with Crippen LogP contribution in [0.1, 0.15) is 32.1 Å². The number of halogens is 1. The molecule has 0 spiro atoms. The van der Waals surface area contributed by atoms with E-state index in [0.29, 0.717) is 6.04 Å². The molecule has 0 radical (unpaired) electrons. The van der Waals surface area contributed by atoms with Gasteiger partial charge in [0, 0.05) is 11.4 Å². The number of benzene rings is 1. The molecule has 1 aliphatic carbocycles. The average molecular weight is 392 g/mol. The highest BCUT2D eigenvalue weighted by atomic mass is 79.9. The molecule has 1 N–H and O–H groups in total. The van der Waals surface area contributed by atoms with Gasteiger partial charge in [-0.05, 0) is 34.8 Å². The zero-order valence-electron chi connectivity index (χ0n) is 12.9. The fraction of sp³-hybridized carbons (Fsp3) is 0.412. The molecule has 0 aliphatic heterocycles. The zero-order chi connectivity index (χ0) is 15.8. The summed E-state index contributed by atoms with van der Waals surface area (Å²) in [6, 6.07) is 4.68. The fourth-order valence-corrected chi connectivity index (χ4v) is 5.15. The van der Waals surface area contributed by atoms with Crippen molar-refractivity contribution in [2.45, 2.75) is 38.1 Å². The first-order valence-electron chi connectivity index (χ1n) is 7.94. The Morgan fingerprint density at radius 1 is 1.22 bits per heavy atom. The van der Waals surface area contributed by atoms with Gasteiger partial charge in [0.25, 0.3) is 0 Å². The standard InChI is InChI=1S/C17H18BrN3OS/c1-22-14-12(18)8-7-11-13-16(21-10-5-3-2-4-6-10)19-9-20-17(13)23-15(11)14/h7-10H,2-6H2,1H3,(H,19,20,21). The lowest BCUT2D eigenvalue weighted by Gasteiger charge is -2.23. The number of hydrogen-bond acceptors (Lipinski definition) is 5. The number of nitrogens with one attached hydrogen (secondary N) is 1. The number of rotatable bonds is 3. The van der Waals surface area contributed by atoms with E-state index in [1.54, 1.807) is 24.8 Å². The second kappa shape index (κ2) is 6.24. The molecule has 0 amide bonds. The van der Waals surface area contributed by atoms with Crippen molar-refractivity contribution >= 4 is 53.4 Å². The molecule has 0 unspecified atom stereocenters. The van der Waals surface area contributed by atoms with Crippen LogP contribution in [0.25, 0.3) is 20.3 Å². The topological polar surface area (TPSA) is 47.0 Å². The first-order chi connectivity index (χ1) is 11.3. The number of anilines is 1. The lowest BCUT2D eigenvalue weighted by Crippen LogP contribution is -2.22. The Hall–Kier alpha value is -1.40. The van der Waals surface area contributed by atoms with E-state index in [-0.39, 0.29) is 0 Å². The third kappa shape index (κ3) is 2.68. The molecular formula is C17H18BrN3OS. The van der Waals surface area contributed by atoms with Crippen LogP contribution < -0.4 is 10.1 Å². The van der Waals surface area contributed by atoms with Crippen LogP contribution in [0.2, 0.25) is 0 Å². The van der Waals surface area contributed by atoms with Gasteiger partial charge in [-0.15, -0.1) is 11.3 Å². The normalized spacial score (nSPS) is 16.1. The van der Waals surface area contributed by atoms with Gasteiger partial charge in [-0.25, -0.2) is 9.97 Å². The summed E-state index contributed by atoms with van der Waals surface area (Å²) in [5.41, 5.74) is 0. The monoisotopic (exact) mass is 391 g/mol. The number of fused-ring (bicyclic) bond motifs is 3. The summed E-state index contributed by atoms with van der Waals surface area (Å²) in [5.74, 6) is 1.83. The second-order valence-electron chi connectivity index (χ2n) is 5.94. The van der Waals surface area contributed by atoms with Crippen LogP contribution in [-0.2, 0) is 0 Å². The summed E-state index contributed by atoms with van der Waals surface area (Å²) in [5, 5.41) is 5.93. The predicted octanol–water partition coefficient (Wildman–Crippen LogP) is 5.36. The van der Waals surface area contributed by atoms with Gasteiger partial charge in [-0.1, -0.05) is 25.3 Å². The SMILES string of the molecule is COc1c(Br)ccc2c1sc1ncnc(NC3CCCCC3)c12. The van der Waals surface area contributed by atoms with E-state index in [1.165, 1.54) is 32.1 Å². The van der Waals surface area contributed by atoms with Crippen molar-refractivity contribution in [3.05, 3.63) is 22.9 Å². The summed E-state index contributed by atoms with van der Waals surface area (Å²) >= 11 is 5.22. The molecule has 4 rings (SSSR count). The van der Waals surface area contributed by atoms with Crippen LogP contribution in [0, 0.1) is 0 Å². The maximum Gasteiger partial charge on any atom is 0.150 e. The molecule has 23 heavy (non-hydrogen) atoms. The van der Waals surface area contributed by atoms with Crippen molar-refractivity contribution < 1.29 is 4.74 Å². The van der Waals surface area contributed by atoms with E-state index < -0.39 is 0 Å². The number of thiophene rings is 1. The van der Waals surface area contributed by atoms with Crippen LogP contribution in [0.3, 0.4) is 0 Å². The summed E-state index contributed by atoms with van der Waals surface area (Å²) in [4.78, 5) is 10.0. The minimum Gasteiger partial charge on any atom is -0.494 e. The third-order valence-corrected chi connectivity index (χ3v) is 6.23. The maximum atomic E-state index is 5.57. The largest absolute Gasteiger partial charge is 0.494 e. The van der Waals surface area contributed by atoms with E-state index in [1.807, 2.05) is 6.07 Å². The molecule has 0 atom stereocenters. The van der Waals surface area contributed by atoms with Crippen LogP contribution in [0.5, 0.6) is 5.75 Å². The Morgan fingerprint density at radius 3 is 2.83 bits per heavy atom. The Morgan fingerprint density at radius 2 is 2.04 bits per heavy atom. The van der Waals surface area contributed by atoms with Crippen molar-refractivity contribution in [1.82, 2.24) is 9.97 Å². The molecule has 1 saturated carbocycles. The van der Waals surface area contributed by atoms with Crippen molar-refractivity contribution in [3.63, 3.8) is 0 Å². The number of aromatic nitrogens is 2. The quantitative estimate of drug-likeness (QED) is 0.652. The number of methoxy groups -OCH3 is 1. The summed E-state index contributed by atoms with van der Waals surface area (Å²) in [6.07, 6.45) is 8.06. The highest BCUT2D eigenvalue weighted by molar-refractivity contribution is 9.10. The van der Waals surface area contributed by atoms with Gasteiger partial charge in [0.15, 0.2) is 5.75 Å². The molecule has 2 heterocycles. The summed E-state index contributed by atoms with van der Waals surface area (Å²) in [7, 11) is 1.71. The van der Waals surface area contributed by atoms with Crippen molar-refractivity contribution in [1.29, 1.82) is 0 Å². The smallest absolute Gasteiger partial charge is 0.150 e. The molecule has 6 heteroatoms. The molecule has 0 saturated heterocycles. The Balaban J connectivity index is 1.86. The second-order valence-corrected chi connectivity index (χ2v) is 7.79. The van der Waals surface area contributed by atoms with Gasteiger partial charge in [0.2, 0.25) is 0 Å². The summed E-state index contributed by atoms with van der Waals surface area (Å²) < 4.78 is 7.65. The molecular weight excluding hydrogens is 374 g/mol. The van der Waals surface area contributed by atoms with Crippen LogP contribution in [0.4, 0.5) is 5.82 Å². The van der Waals surface area contributed by atoms with Gasteiger partial charge in [0.05, 0.1) is 21.7 Å². The Labute approximate surface area is 147 Å². The van der Waals surface area contributed by atoms with Crippen LogP contribution in [0.15, 0.2) is 22.9 Å². The van der Waals surface area contributed by atoms with Crippen molar-refractivity contribution in [3.8, 4) is 5.75 Å². The maximum absolute atomic E-state index is 5.57. The van der Waals surface area contributed by atoms with E-state index in [9.17, 15) is 0 Å². The van der Waals surface area contributed by atoms with Gasteiger partial charge >= 0.3 is 0 Å². The first-order valence-corrected chi connectivity index (χ1v) is 9.55. The predicted molar refractivity (Wildman–Crippen MR) is 99.7 cm³/mol. The number of hydrogen-bond donors (Lipinski definition) is 1. The molecule has 1 fully saturated rings. The Kier molecular flexibility index (Phi) is 4.11. The van der Waals surface area contributed by atoms with Gasteiger partial charge < -0.3 is 10.1 Å². The van der Waals surface area contributed by atoms with Crippen molar-refractivity contribution in [2.24, 2.45) is 0 Å². The highest BCUT2D eigenvalue weighted by Crippen LogP contribution is 2.44. The van der Waals surface area contributed by atoms with E-state index in [0.717, 1.165) is 36.3 Å². The zero-order valence-corrected chi connectivity index (χ0v) is 15.3.